The van der Waals surface area contributed by atoms with E-state index in [1.807, 2.05) is 13.0 Å². The summed E-state index contributed by atoms with van der Waals surface area (Å²) in [6, 6.07) is 6.34. The smallest absolute Gasteiger partial charge is 0.334 e. The van der Waals surface area contributed by atoms with Crippen LogP contribution in [0.2, 0.25) is 0 Å². The summed E-state index contributed by atoms with van der Waals surface area (Å²) in [5.41, 5.74) is 0.850. The number of benzene rings is 1. The molecule has 0 saturated carbocycles. The third kappa shape index (κ3) is 4.76. The van der Waals surface area contributed by atoms with Crippen molar-refractivity contribution in [3.8, 4) is 0 Å². The normalized spacial score (nSPS) is 22.7. The number of nitrogens with zero attached hydrogens (tertiary/aromatic N) is 1. The summed E-state index contributed by atoms with van der Waals surface area (Å²) in [4.78, 5) is 25.1. The van der Waals surface area contributed by atoms with Crippen molar-refractivity contribution in [2.24, 2.45) is 5.92 Å². The topological polar surface area (TPSA) is 66.8 Å². The molecule has 1 N–H and O–H groups in total. The highest BCUT2D eigenvalue weighted by molar-refractivity contribution is 5.80. The largest absolute Gasteiger partial charge is 0.479 e. The van der Waals surface area contributed by atoms with Gasteiger partial charge in [-0.3, -0.25) is 4.79 Å². The molecule has 1 aliphatic rings. The van der Waals surface area contributed by atoms with Crippen molar-refractivity contribution in [1.29, 1.82) is 0 Å². The summed E-state index contributed by atoms with van der Waals surface area (Å²) in [6.45, 7) is 4.04. The van der Waals surface area contributed by atoms with Crippen molar-refractivity contribution < 1.29 is 23.8 Å². The zero-order chi connectivity index (χ0) is 17.0. The molecule has 126 valence electrons. The van der Waals surface area contributed by atoms with Crippen molar-refractivity contribution in [2.45, 2.75) is 38.9 Å². The van der Waals surface area contributed by atoms with Gasteiger partial charge in [-0.1, -0.05) is 19.1 Å². The van der Waals surface area contributed by atoms with Crippen molar-refractivity contribution in [3.05, 3.63) is 35.6 Å². The highest BCUT2D eigenvalue weighted by atomic mass is 19.1. The molecule has 1 fully saturated rings. The van der Waals surface area contributed by atoms with Crippen LogP contribution in [0.3, 0.4) is 0 Å². The van der Waals surface area contributed by atoms with E-state index < -0.39 is 12.1 Å². The lowest BCUT2D eigenvalue weighted by atomic mass is 9.99. The van der Waals surface area contributed by atoms with E-state index >= 15 is 0 Å². The van der Waals surface area contributed by atoms with E-state index in [0.717, 1.165) is 5.56 Å². The average Bonchev–Trinajstić information content (AvgIpc) is 2.51. The Morgan fingerprint density at radius 1 is 1.43 bits per heavy atom. The molecule has 5 nitrogen and oxygen atoms in total. The quantitative estimate of drug-likeness (QED) is 0.901. The van der Waals surface area contributed by atoms with Crippen LogP contribution in [0.4, 0.5) is 4.39 Å². The number of aryl methyl sites for hydroxylation is 1. The van der Waals surface area contributed by atoms with Gasteiger partial charge in [0.05, 0.1) is 12.6 Å². The number of carbonyl (C=O) groups excluding carboxylic acids is 1. The van der Waals surface area contributed by atoms with Gasteiger partial charge in [-0.05, 0) is 37.5 Å². The second-order valence-electron chi connectivity index (χ2n) is 6.09. The highest BCUT2D eigenvalue weighted by Crippen LogP contribution is 2.18. The molecular weight excluding hydrogens is 301 g/mol. The van der Waals surface area contributed by atoms with E-state index in [4.69, 9.17) is 9.84 Å². The van der Waals surface area contributed by atoms with Gasteiger partial charge in [-0.15, -0.1) is 0 Å². The number of carboxylic acids is 1. The zero-order valence-electron chi connectivity index (χ0n) is 13.4. The Morgan fingerprint density at radius 2 is 2.17 bits per heavy atom. The number of aliphatic carboxylic acids is 1. The summed E-state index contributed by atoms with van der Waals surface area (Å²) in [5.74, 6) is -1.67. The van der Waals surface area contributed by atoms with E-state index in [9.17, 15) is 14.0 Å². The van der Waals surface area contributed by atoms with Gasteiger partial charge in [-0.25, -0.2) is 9.18 Å². The predicted octanol–water partition coefficient (Wildman–Crippen LogP) is 2.09. The van der Waals surface area contributed by atoms with Gasteiger partial charge in [-0.2, -0.15) is 0 Å². The molecule has 3 atom stereocenters. The second-order valence-corrected chi connectivity index (χ2v) is 6.09. The number of morpholine rings is 1. The fraction of sp³-hybridized carbons (Fsp3) is 0.529. The number of ether oxygens (including phenoxy) is 1. The standard InChI is InChI=1S/C17H22FNO4/c1-11(6-7-13-4-3-5-14(18)8-13)16(20)19-9-12(2)23-15(10-19)17(21)22/h3-5,8,11-12,15H,6-7,9-10H2,1-2H3,(H,21,22)/t11?,12-,15?/m1/s1. The third-order valence-corrected chi connectivity index (χ3v) is 4.02. The number of hydrogen-bond acceptors (Lipinski definition) is 3. The first-order valence-electron chi connectivity index (χ1n) is 7.78. The molecule has 0 spiro atoms. The SMILES string of the molecule is CC(CCc1cccc(F)c1)C(=O)N1CC(C(=O)O)O[C@H](C)C1. The molecule has 2 rings (SSSR count). The Bertz CT molecular complexity index is 577. The van der Waals surface area contributed by atoms with Crippen LogP contribution in [0.15, 0.2) is 24.3 Å². The molecule has 0 aromatic heterocycles. The molecule has 0 aliphatic carbocycles. The minimum absolute atomic E-state index is 0.0722. The average molecular weight is 323 g/mol. The van der Waals surface area contributed by atoms with Crippen LogP contribution in [-0.4, -0.2) is 47.2 Å². The summed E-state index contributed by atoms with van der Waals surface area (Å²) in [5, 5.41) is 9.07. The van der Waals surface area contributed by atoms with Crippen molar-refractivity contribution in [3.63, 3.8) is 0 Å². The van der Waals surface area contributed by atoms with Gasteiger partial charge in [0.2, 0.25) is 5.91 Å². The lowest BCUT2D eigenvalue weighted by Gasteiger charge is -2.36. The zero-order valence-corrected chi connectivity index (χ0v) is 13.4. The molecule has 2 unspecified atom stereocenters. The van der Waals surface area contributed by atoms with Gasteiger partial charge in [0.1, 0.15) is 5.82 Å². The van der Waals surface area contributed by atoms with Crippen LogP contribution in [0.25, 0.3) is 0 Å². The maximum Gasteiger partial charge on any atom is 0.334 e. The Balaban J connectivity index is 1.92. The molecule has 1 aromatic carbocycles. The van der Waals surface area contributed by atoms with Gasteiger partial charge in [0.25, 0.3) is 0 Å². The van der Waals surface area contributed by atoms with Crippen molar-refractivity contribution in [2.75, 3.05) is 13.1 Å². The van der Waals surface area contributed by atoms with Gasteiger partial charge < -0.3 is 14.7 Å². The molecular formula is C17H22FNO4. The monoisotopic (exact) mass is 323 g/mol. The van der Waals surface area contributed by atoms with Crippen LogP contribution >= 0.6 is 0 Å². The summed E-state index contributed by atoms with van der Waals surface area (Å²) >= 11 is 0. The number of rotatable bonds is 5. The van der Waals surface area contributed by atoms with E-state index in [1.54, 1.807) is 17.9 Å². The first-order valence-corrected chi connectivity index (χ1v) is 7.78. The fourth-order valence-electron chi connectivity index (χ4n) is 2.78. The van der Waals surface area contributed by atoms with E-state index in [2.05, 4.69) is 0 Å². The second kappa shape index (κ2) is 7.55. The first kappa shape index (κ1) is 17.4. The summed E-state index contributed by atoms with van der Waals surface area (Å²) in [6.07, 6.45) is -0.0825. The molecule has 1 aliphatic heterocycles. The number of carboxylic acid groups (broad SMARTS) is 1. The molecule has 1 saturated heterocycles. The maximum absolute atomic E-state index is 13.2. The minimum Gasteiger partial charge on any atom is -0.479 e. The number of hydrogen-bond donors (Lipinski definition) is 1. The molecule has 0 radical (unpaired) electrons. The van der Waals surface area contributed by atoms with Gasteiger partial charge >= 0.3 is 5.97 Å². The minimum atomic E-state index is -1.05. The lowest BCUT2D eigenvalue weighted by molar-refractivity contribution is -0.167. The van der Waals surface area contributed by atoms with E-state index in [-0.39, 0.29) is 30.3 Å². The molecule has 1 aromatic rings. The Hall–Kier alpha value is -1.95. The summed E-state index contributed by atoms with van der Waals surface area (Å²) < 4.78 is 18.5. The predicted molar refractivity (Wildman–Crippen MR) is 82.4 cm³/mol. The van der Waals surface area contributed by atoms with Gasteiger partial charge in [0, 0.05) is 12.5 Å². The number of amides is 1. The van der Waals surface area contributed by atoms with Crippen LogP contribution in [0.5, 0.6) is 0 Å². The first-order chi connectivity index (χ1) is 10.9. The van der Waals surface area contributed by atoms with E-state index in [1.165, 1.54) is 12.1 Å². The lowest BCUT2D eigenvalue weighted by Crippen LogP contribution is -2.53. The molecule has 1 amide bonds. The van der Waals surface area contributed by atoms with E-state index in [0.29, 0.717) is 19.4 Å². The Labute approximate surface area is 135 Å². The van der Waals surface area contributed by atoms with Crippen molar-refractivity contribution in [1.82, 2.24) is 4.90 Å². The Morgan fingerprint density at radius 3 is 2.83 bits per heavy atom. The van der Waals surface area contributed by atoms with Crippen LogP contribution in [-0.2, 0) is 20.7 Å². The highest BCUT2D eigenvalue weighted by Gasteiger charge is 2.33. The molecule has 1 heterocycles. The van der Waals surface area contributed by atoms with Gasteiger partial charge in [0.15, 0.2) is 6.10 Å². The Kier molecular flexibility index (Phi) is 5.71. The van der Waals surface area contributed by atoms with Crippen LogP contribution in [0.1, 0.15) is 25.8 Å². The summed E-state index contributed by atoms with van der Waals surface area (Å²) in [7, 11) is 0. The van der Waals surface area contributed by atoms with Crippen LogP contribution < -0.4 is 0 Å². The van der Waals surface area contributed by atoms with Crippen LogP contribution in [0, 0.1) is 11.7 Å². The van der Waals surface area contributed by atoms with Crippen molar-refractivity contribution >= 4 is 11.9 Å². The molecule has 0 bridgehead atoms. The fourth-order valence-corrected chi connectivity index (χ4v) is 2.78. The molecule has 6 heteroatoms. The number of halogens is 1. The maximum atomic E-state index is 13.2. The third-order valence-electron chi connectivity index (χ3n) is 4.02. The number of carbonyl (C=O) groups is 2. The molecule has 23 heavy (non-hydrogen) atoms.